The number of carbonyl (C=O) groups is 2. The van der Waals surface area contributed by atoms with Gasteiger partial charge in [-0.1, -0.05) is 0 Å². The van der Waals surface area contributed by atoms with Crippen LogP contribution in [0.3, 0.4) is 0 Å². The van der Waals surface area contributed by atoms with Gasteiger partial charge in [0.05, 0.1) is 11.1 Å². The van der Waals surface area contributed by atoms with Crippen LogP contribution >= 0.6 is 0 Å². The van der Waals surface area contributed by atoms with Gasteiger partial charge in [-0.2, -0.15) is 5.26 Å². The van der Waals surface area contributed by atoms with Gasteiger partial charge in [0.2, 0.25) is 0 Å². The number of rotatable bonds is 4. The zero-order valence-electron chi connectivity index (χ0n) is 9.37. The molecule has 0 aliphatic carbocycles. The molecule has 0 bridgehead atoms. The van der Waals surface area contributed by atoms with Crippen molar-refractivity contribution in [1.82, 2.24) is 4.90 Å². The van der Waals surface area contributed by atoms with E-state index >= 15 is 0 Å². The molecule has 0 unspecified atom stereocenters. The molecule has 0 fully saturated rings. The molecule has 80 valence electrons. The largest absolute Gasteiger partial charge is 0.382 e. The summed E-state index contributed by atoms with van der Waals surface area (Å²) in [5.74, 6) is -0.662. The van der Waals surface area contributed by atoms with Crippen molar-refractivity contribution < 1.29 is 9.59 Å². The van der Waals surface area contributed by atoms with Gasteiger partial charge in [0, 0.05) is 20.3 Å². The first-order valence-electron chi connectivity index (χ1n) is 4.40. The van der Waals surface area contributed by atoms with Crippen LogP contribution in [0, 0.1) is 11.3 Å². The Labute approximate surface area is 89.5 Å². The summed E-state index contributed by atoms with van der Waals surface area (Å²) >= 11 is 0. The van der Waals surface area contributed by atoms with Crippen LogP contribution in [0.1, 0.15) is 13.8 Å². The van der Waals surface area contributed by atoms with E-state index in [1.54, 1.807) is 25.2 Å². The Balaban J connectivity index is 5.22. The van der Waals surface area contributed by atoms with E-state index in [1.807, 2.05) is 6.07 Å². The van der Waals surface area contributed by atoms with E-state index in [4.69, 9.17) is 5.26 Å². The Hall–Kier alpha value is -1.89. The van der Waals surface area contributed by atoms with Gasteiger partial charge in [-0.05, 0) is 19.9 Å². The first kappa shape index (κ1) is 13.1. The predicted molar refractivity (Wildman–Crippen MR) is 56.8 cm³/mol. The maximum absolute atomic E-state index is 11.1. The molecular formula is C11H14N2O2. The SMILES string of the molecule is CC(=O)C(=C/C(C#N)=C/N(C)C)C(C)=O. The van der Waals surface area contributed by atoms with Gasteiger partial charge in [0.15, 0.2) is 11.6 Å². The van der Waals surface area contributed by atoms with Crippen molar-refractivity contribution >= 4 is 11.6 Å². The number of Topliss-reactive ketones (excluding diaryl/α,β-unsaturated/α-hetero) is 2. The summed E-state index contributed by atoms with van der Waals surface area (Å²) in [7, 11) is 3.51. The minimum absolute atomic E-state index is 0.0460. The average molecular weight is 206 g/mol. The highest BCUT2D eigenvalue weighted by molar-refractivity contribution is 6.18. The number of hydrogen-bond acceptors (Lipinski definition) is 4. The van der Waals surface area contributed by atoms with Crippen molar-refractivity contribution in [3.05, 3.63) is 23.4 Å². The second-order valence-corrected chi connectivity index (χ2v) is 3.33. The smallest absolute Gasteiger partial charge is 0.163 e. The average Bonchev–Trinajstić information content (AvgIpc) is 2.10. The Morgan fingerprint density at radius 2 is 1.67 bits per heavy atom. The topological polar surface area (TPSA) is 61.2 Å². The van der Waals surface area contributed by atoms with E-state index in [2.05, 4.69) is 0 Å². The Bertz CT molecular complexity index is 355. The quantitative estimate of drug-likeness (QED) is 0.227. The number of carbonyl (C=O) groups excluding carboxylic acids is 2. The van der Waals surface area contributed by atoms with Crippen LogP contribution in [0.2, 0.25) is 0 Å². The third-order valence-electron chi connectivity index (χ3n) is 1.58. The molecule has 0 rings (SSSR count). The van der Waals surface area contributed by atoms with Crippen LogP contribution in [0.25, 0.3) is 0 Å². The van der Waals surface area contributed by atoms with E-state index in [1.165, 1.54) is 19.9 Å². The van der Waals surface area contributed by atoms with Crippen molar-refractivity contribution in [2.45, 2.75) is 13.8 Å². The lowest BCUT2D eigenvalue weighted by Crippen LogP contribution is -2.07. The van der Waals surface area contributed by atoms with Crippen molar-refractivity contribution in [3.63, 3.8) is 0 Å². The summed E-state index contributed by atoms with van der Waals surface area (Å²) in [6, 6.07) is 1.91. The lowest BCUT2D eigenvalue weighted by atomic mass is 10.1. The standard InChI is InChI=1S/C11H14N2O2/c1-8(14)11(9(2)15)5-10(6-12)7-13(3)4/h5,7H,1-4H3/b10-7-. The van der Waals surface area contributed by atoms with Gasteiger partial charge >= 0.3 is 0 Å². The molecule has 0 saturated heterocycles. The molecule has 0 saturated carbocycles. The van der Waals surface area contributed by atoms with Gasteiger partial charge in [0.1, 0.15) is 6.07 Å². The van der Waals surface area contributed by atoms with Gasteiger partial charge < -0.3 is 4.90 Å². The molecule has 15 heavy (non-hydrogen) atoms. The van der Waals surface area contributed by atoms with Crippen LogP contribution < -0.4 is 0 Å². The van der Waals surface area contributed by atoms with Gasteiger partial charge in [-0.15, -0.1) is 0 Å². The minimum Gasteiger partial charge on any atom is -0.382 e. The van der Waals surface area contributed by atoms with Gasteiger partial charge in [-0.3, -0.25) is 9.59 Å². The molecule has 0 aromatic heterocycles. The van der Waals surface area contributed by atoms with Crippen molar-refractivity contribution in [2.24, 2.45) is 0 Å². The summed E-state index contributed by atoms with van der Waals surface area (Å²) in [6.07, 6.45) is 2.86. The zero-order chi connectivity index (χ0) is 12.0. The first-order valence-corrected chi connectivity index (χ1v) is 4.40. The molecule has 0 aliphatic heterocycles. The Kier molecular flexibility index (Phi) is 5.03. The highest BCUT2D eigenvalue weighted by Gasteiger charge is 2.09. The molecule has 4 heteroatoms. The van der Waals surface area contributed by atoms with Crippen molar-refractivity contribution in [1.29, 1.82) is 5.26 Å². The van der Waals surface area contributed by atoms with Crippen LogP contribution in [-0.4, -0.2) is 30.6 Å². The summed E-state index contributed by atoms with van der Waals surface area (Å²) in [5, 5.41) is 8.78. The fraction of sp³-hybridized carbons (Fsp3) is 0.364. The summed E-state index contributed by atoms with van der Waals surface area (Å²) in [6.45, 7) is 2.61. The fourth-order valence-corrected chi connectivity index (χ4v) is 0.983. The Morgan fingerprint density at radius 3 is 1.93 bits per heavy atom. The number of nitriles is 1. The lowest BCUT2D eigenvalue weighted by Gasteiger charge is -2.04. The summed E-state index contributed by atoms with van der Waals surface area (Å²) in [5.41, 5.74) is 0.324. The molecule has 0 heterocycles. The van der Waals surface area contributed by atoms with Gasteiger partial charge in [0.25, 0.3) is 0 Å². The maximum atomic E-state index is 11.1. The molecule has 0 aromatic rings. The zero-order valence-corrected chi connectivity index (χ0v) is 9.37. The Morgan fingerprint density at radius 1 is 1.20 bits per heavy atom. The van der Waals surface area contributed by atoms with Crippen LogP contribution in [0.5, 0.6) is 0 Å². The van der Waals surface area contributed by atoms with E-state index < -0.39 is 0 Å². The van der Waals surface area contributed by atoms with Crippen molar-refractivity contribution in [2.75, 3.05) is 14.1 Å². The molecule has 0 spiro atoms. The van der Waals surface area contributed by atoms with E-state index in [-0.39, 0.29) is 22.7 Å². The molecule has 0 radical (unpaired) electrons. The monoisotopic (exact) mass is 206 g/mol. The van der Waals surface area contributed by atoms with Crippen LogP contribution in [-0.2, 0) is 9.59 Å². The van der Waals surface area contributed by atoms with E-state index in [0.29, 0.717) is 0 Å². The number of ketones is 2. The van der Waals surface area contributed by atoms with Crippen LogP contribution in [0.4, 0.5) is 0 Å². The molecule has 0 aromatic carbocycles. The predicted octanol–water partition coefficient (Wildman–Crippen LogP) is 1.06. The number of hydrogen-bond donors (Lipinski definition) is 0. The second kappa shape index (κ2) is 5.76. The van der Waals surface area contributed by atoms with E-state index in [9.17, 15) is 9.59 Å². The highest BCUT2D eigenvalue weighted by Crippen LogP contribution is 2.05. The van der Waals surface area contributed by atoms with Crippen molar-refractivity contribution in [3.8, 4) is 6.07 Å². The highest BCUT2D eigenvalue weighted by atomic mass is 16.1. The molecule has 0 atom stereocenters. The molecular weight excluding hydrogens is 192 g/mol. The summed E-state index contributed by atoms with van der Waals surface area (Å²) in [4.78, 5) is 23.8. The molecule has 0 amide bonds. The third-order valence-corrected chi connectivity index (χ3v) is 1.58. The fourth-order valence-electron chi connectivity index (χ4n) is 0.983. The van der Waals surface area contributed by atoms with E-state index in [0.717, 1.165) is 0 Å². The van der Waals surface area contributed by atoms with Gasteiger partial charge in [-0.25, -0.2) is 0 Å². The second-order valence-electron chi connectivity index (χ2n) is 3.33. The maximum Gasteiger partial charge on any atom is 0.163 e. The summed E-state index contributed by atoms with van der Waals surface area (Å²) < 4.78 is 0. The molecule has 0 aliphatic rings. The molecule has 0 N–H and O–H groups in total. The normalized spacial score (nSPS) is 10.2. The minimum atomic E-state index is -0.331. The molecule has 4 nitrogen and oxygen atoms in total. The lowest BCUT2D eigenvalue weighted by molar-refractivity contribution is -0.119. The number of nitrogens with zero attached hydrogens (tertiary/aromatic N) is 2. The first-order chi connectivity index (χ1) is 6.88. The third kappa shape index (κ3) is 4.77. The number of allylic oxidation sites excluding steroid dienone is 3. The van der Waals surface area contributed by atoms with Crippen LogP contribution in [0.15, 0.2) is 23.4 Å².